The minimum absolute atomic E-state index is 0.0251. The van der Waals surface area contributed by atoms with Gasteiger partial charge in [-0.2, -0.15) is 0 Å². The van der Waals surface area contributed by atoms with Crippen LogP contribution < -0.4 is 31.1 Å². The molecule has 1 saturated carbocycles. The van der Waals surface area contributed by atoms with Gasteiger partial charge in [-0.15, -0.1) is 0 Å². The molecule has 10 aromatic rings. The van der Waals surface area contributed by atoms with E-state index in [2.05, 4.69) is 243 Å². The van der Waals surface area contributed by atoms with E-state index < -0.39 is 0 Å². The molecule has 0 saturated heterocycles. The van der Waals surface area contributed by atoms with Crippen LogP contribution in [0.2, 0.25) is 0 Å². The summed E-state index contributed by atoms with van der Waals surface area (Å²) in [5.74, 6) is 0. The number of hydrogen-bond donors (Lipinski definition) is 0. The third-order valence-electron chi connectivity index (χ3n) is 18.3. The first-order valence-electron chi connectivity index (χ1n) is 27.2. The van der Waals surface area contributed by atoms with Crippen LogP contribution in [0.1, 0.15) is 124 Å². The largest absolute Gasteiger partial charge is 0.456 e. The number of furan rings is 2. The Morgan fingerprint density at radius 3 is 1.39 bits per heavy atom. The molecule has 0 radical (unpaired) electrons. The average molecular weight is 968 g/mol. The summed E-state index contributed by atoms with van der Waals surface area (Å²) >= 11 is 0. The standard InChI is InChI=1S/C68H66BN3O2/c1-64(2,3)41-24-29-54-51(34-41)67(10)32-16-17-33-68(67,11)72(54)46-39-57-63-58(40-46)71(45-26-31-62-50(38-45)48-19-13-15-21-60(48)74-62)56-36-43(66(7,8)9)23-28-53(56)69(63)52-27-22-42(65(4,5)6)35-55(52)70(57)44-25-30-61-49(37-44)47-18-12-14-20-59(47)73-61/h12-15,18-31,34-40H,16-17,32-33H2,1-11H3. The van der Waals surface area contributed by atoms with Gasteiger partial charge in [0, 0.05) is 72.5 Å². The second-order valence-electron chi connectivity index (χ2n) is 25.7. The van der Waals surface area contributed by atoms with Gasteiger partial charge in [0.1, 0.15) is 22.3 Å². The normalized spacial score (nSPS) is 19.3. The summed E-state index contributed by atoms with van der Waals surface area (Å²) in [7, 11) is 0. The molecule has 2 aromatic heterocycles. The molecule has 368 valence electrons. The molecule has 1 fully saturated rings. The van der Waals surface area contributed by atoms with Crippen molar-refractivity contribution in [1.29, 1.82) is 0 Å². The number of anilines is 8. The van der Waals surface area contributed by atoms with E-state index in [1.54, 1.807) is 0 Å². The quantitative estimate of drug-likeness (QED) is 0.165. The van der Waals surface area contributed by atoms with Gasteiger partial charge in [0.2, 0.25) is 0 Å². The Kier molecular flexibility index (Phi) is 9.34. The van der Waals surface area contributed by atoms with E-state index in [9.17, 15) is 0 Å². The molecular formula is C68H66BN3O2. The third-order valence-corrected chi connectivity index (χ3v) is 18.3. The van der Waals surface area contributed by atoms with Gasteiger partial charge in [0.05, 0.1) is 5.54 Å². The molecule has 6 heteroatoms. The fourth-order valence-electron chi connectivity index (χ4n) is 13.9. The van der Waals surface area contributed by atoms with Crippen LogP contribution in [0.25, 0.3) is 43.9 Å². The maximum Gasteiger partial charge on any atom is 0.252 e. The Balaban J connectivity index is 1.12. The number of hydrogen-bond acceptors (Lipinski definition) is 5. The van der Waals surface area contributed by atoms with Crippen LogP contribution >= 0.6 is 0 Å². The van der Waals surface area contributed by atoms with Crippen LogP contribution in [-0.2, 0) is 21.7 Å². The monoisotopic (exact) mass is 968 g/mol. The Bertz CT molecular complexity index is 3800. The lowest BCUT2D eigenvalue weighted by Gasteiger charge is -2.51. The molecule has 5 heterocycles. The van der Waals surface area contributed by atoms with Crippen LogP contribution in [0.4, 0.5) is 45.5 Å². The highest BCUT2D eigenvalue weighted by Crippen LogP contribution is 2.62. The molecule has 0 bridgehead atoms. The second-order valence-corrected chi connectivity index (χ2v) is 25.7. The molecule has 5 nitrogen and oxygen atoms in total. The lowest BCUT2D eigenvalue weighted by molar-refractivity contribution is 0.195. The predicted molar refractivity (Wildman–Crippen MR) is 314 cm³/mol. The molecule has 74 heavy (non-hydrogen) atoms. The van der Waals surface area contributed by atoms with Crippen LogP contribution in [0.5, 0.6) is 0 Å². The highest BCUT2D eigenvalue weighted by atomic mass is 16.3. The van der Waals surface area contributed by atoms with Crippen molar-refractivity contribution < 1.29 is 8.83 Å². The van der Waals surface area contributed by atoms with E-state index in [-0.39, 0.29) is 33.9 Å². The first kappa shape index (κ1) is 45.4. The zero-order valence-corrected chi connectivity index (χ0v) is 45.0. The summed E-state index contributed by atoms with van der Waals surface area (Å²) < 4.78 is 13.1. The predicted octanol–water partition coefficient (Wildman–Crippen LogP) is 17.2. The molecule has 4 aliphatic rings. The van der Waals surface area contributed by atoms with Gasteiger partial charge in [-0.1, -0.05) is 155 Å². The zero-order chi connectivity index (χ0) is 51.0. The third kappa shape index (κ3) is 6.36. The van der Waals surface area contributed by atoms with Gasteiger partial charge in [-0.25, -0.2) is 0 Å². The zero-order valence-electron chi connectivity index (χ0n) is 45.0. The van der Waals surface area contributed by atoms with E-state index in [1.807, 2.05) is 0 Å². The Morgan fingerprint density at radius 1 is 0.419 bits per heavy atom. The number of para-hydroxylation sites is 2. The van der Waals surface area contributed by atoms with E-state index >= 15 is 0 Å². The Hall–Kier alpha value is -7.18. The average Bonchev–Trinajstić information content (AvgIpc) is 4.01. The highest BCUT2D eigenvalue weighted by Gasteiger charge is 2.58. The van der Waals surface area contributed by atoms with E-state index in [0.717, 1.165) is 68.1 Å². The molecule has 14 rings (SSSR count). The van der Waals surface area contributed by atoms with Crippen molar-refractivity contribution in [3.8, 4) is 0 Å². The van der Waals surface area contributed by atoms with Gasteiger partial charge in [0.25, 0.3) is 6.71 Å². The van der Waals surface area contributed by atoms with Crippen molar-refractivity contribution in [2.75, 3.05) is 14.7 Å². The Labute approximate surface area is 436 Å². The summed E-state index contributed by atoms with van der Waals surface area (Å²) in [6.07, 6.45) is 4.69. The highest BCUT2D eigenvalue weighted by molar-refractivity contribution is 7.00. The number of benzene rings is 8. The lowest BCUT2D eigenvalue weighted by Crippen LogP contribution is -2.61. The van der Waals surface area contributed by atoms with Gasteiger partial charge >= 0.3 is 0 Å². The molecule has 8 aromatic carbocycles. The van der Waals surface area contributed by atoms with Crippen molar-refractivity contribution >= 4 is 112 Å². The summed E-state index contributed by atoms with van der Waals surface area (Å²) in [6, 6.07) is 58.1. The van der Waals surface area contributed by atoms with Crippen molar-refractivity contribution in [3.05, 3.63) is 174 Å². The van der Waals surface area contributed by atoms with E-state index in [1.165, 1.54) is 85.6 Å². The molecule has 0 amide bonds. The van der Waals surface area contributed by atoms with Crippen LogP contribution in [-0.4, -0.2) is 12.3 Å². The van der Waals surface area contributed by atoms with Gasteiger partial charge in [-0.05, 0) is 154 Å². The van der Waals surface area contributed by atoms with Crippen molar-refractivity contribution in [2.24, 2.45) is 0 Å². The van der Waals surface area contributed by atoms with Crippen LogP contribution in [0.15, 0.2) is 160 Å². The van der Waals surface area contributed by atoms with E-state index in [4.69, 9.17) is 8.83 Å². The van der Waals surface area contributed by atoms with Gasteiger partial charge in [-0.3, -0.25) is 0 Å². The van der Waals surface area contributed by atoms with Crippen molar-refractivity contribution in [2.45, 2.75) is 129 Å². The summed E-state index contributed by atoms with van der Waals surface area (Å²) in [4.78, 5) is 8.04. The first-order valence-corrected chi connectivity index (χ1v) is 27.2. The summed E-state index contributed by atoms with van der Waals surface area (Å²) in [6.45, 7) is 26.3. The Morgan fingerprint density at radius 2 is 0.878 bits per heavy atom. The van der Waals surface area contributed by atoms with Crippen LogP contribution in [0, 0.1) is 0 Å². The fourth-order valence-corrected chi connectivity index (χ4v) is 13.9. The van der Waals surface area contributed by atoms with Gasteiger partial charge in [0.15, 0.2) is 0 Å². The first-order chi connectivity index (χ1) is 35.3. The fraction of sp³-hybridized carbons (Fsp3) is 0.294. The van der Waals surface area contributed by atoms with Crippen molar-refractivity contribution in [1.82, 2.24) is 0 Å². The summed E-state index contributed by atoms with van der Waals surface area (Å²) in [5.41, 5.74) is 22.3. The SMILES string of the molecule is CC(C)(C)c1ccc2c(c1)N(c1ccc3oc4ccccc4c3c1)c1cc(N3c4ccc(C(C)(C)C)cc4C4(C)CCCCC34C)cc3c1B2c1ccc(C(C)(C)C)cc1N3c1ccc2oc3ccccc3c2c1. The molecule has 0 spiro atoms. The lowest BCUT2D eigenvalue weighted by atomic mass is 9.33. The number of nitrogens with zero attached hydrogens (tertiary/aromatic N) is 3. The number of rotatable bonds is 3. The molecule has 2 unspecified atom stereocenters. The molecule has 0 N–H and O–H groups in total. The minimum Gasteiger partial charge on any atom is -0.456 e. The smallest absolute Gasteiger partial charge is 0.252 e. The minimum atomic E-state index is -0.179. The van der Waals surface area contributed by atoms with Gasteiger partial charge < -0.3 is 23.5 Å². The number of fused-ring (bicyclic) bond motifs is 13. The van der Waals surface area contributed by atoms with E-state index in [0.29, 0.717) is 0 Å². The molecular weight excluding hydrogens is 902 g/mol. The molecule has 3 aliphatic heterocycles. The maximum absolute atomic E-state index is 6.53. The van der Waals surface area contributed by atoms with Crippen molar-refractivity contribution in [3.63, 3.8) is 0 Å². The molecule has 1 aliphatic carbocycles. The van der Waals surface area contributed by atoms with Crippen LogP contribution in [0.3, 0.4) is 0 Å². The molecule has 2 atom stereocenters. The second kappa shape index (κ2) is 15.2. The summed E-state index contributed by atoms with van der Waals surface area (Å²) in [5, 5.41) is 4.50. The maximum atomic E-state index is 6.53. The topological polar surface area (TPSA) is 36.0 Å².